The van der Waals surface area contributed by atoms with Crippen LogP contribution in [0, 0.1) is 6.92 Å². The smallest absolute Gasteiger partial charge is 0.261 e. The Bertz CT molecular complexity index is 792. The third-order valence-corrected chi connectivity index (χ3v) is 3.99. The fourth-order valence-corrected chi connectivity index (χ4v) is 2.91. The number of piperidine rings is 1. The molecule has 0 amide bonds. The van der Waals surface area contributed by atoms with Crippen molar-refractivity contribution < 1.29 is 4.52 Å². The van der Waals surface area contributed by atoms with Crippen molar-refractivity contribution in [2.75, 3.05) is 18.4 Å². The molecular weight excluding hydrogens is 316 g/mol. The number of hydrogen-bond acceptors (Lipinski definition) is 6. The normalized spacial score (nSPS) is 17.9. The lowest BCUT2D eigenvalue weighted by Gasteiger charge is -2.25. The second-order valence-electron chi connectivity index (χ2n) is 5.62. The Morgan fingerprint density at radius 2 is 2.30 bits per heavy atom. The van der Waals surface area contributed by atoms with E-state index in [1.54, 1.807) is 6.20 Å². The van der Waals surface area contributed by atoms with Gasteiger partial charge in [0.1, 0.15) is 5.65 Å². The highest BCUT2D eigenvalue weighted by Crippen LogP contribution is 2.33. The number of aryl methyl sites for hydroxylation is 1. The number of nitrogens with one attached hydrogen (secondary N) is 3. The van der Waals surface area contributed by atoms with Gasteiger partial charge < -0.3 is 20.1 Å². The molecule has 0 bridgehead atoms. The maximum Gasteiger partial charge on any atom is 0.261 e. The molecule has 1 aliphatic rings. The molecule has 1 aliphatic heterocycles. The van der Waals surface area contributed by atoms with Crippen LogP contribution in [0.1, 0.15) is 18.7 Å². The number of halogens is 1. The van der Waals surface area contributed by atoms with Crippen LogP contribution in [0.2, 0.25) is 0 Å². The fourth-order valence-electron chi connectivity index (χ4n) is 2.91. The standard InChI is InChI=1S/C15H18N6O.ClH/c1-9-19-15(22-21-9)12-8-18-14-11(4-6-17-14)13(12)20-10-3-2-5-16-7-10;/h4,6,8,10,16H,2-3,5,7H2,1H3,(H2,17,18,20);1H/t10-;/m1./s1. The van der Waals surface area contributed by atoms with Gasteiger partial charge in [0.25, 0.3) is 5.89 Å². The number of pyridine rings is 1. The van der Waals surface area contributed by atoms with Crippen LogP contribution in [0.15, 0.2) is 23.0 Å². The van der Waals surface area contributed by atoms with Crippen LogP contribution >= 0.6 is 12.4 Å². The highest BCUT2D eigenvalue weighted by Gasteiger charge is 2.20. The van der Waals surface area contributed by atoms with Crippen LogP contribution < -0.4 is 10.6 Å². The number of nitrogens with zero attached hydrogens (tertiary/aromatic N) is 3. The van der Waals surface area contributed by atoms with Crippen molar-refractivity contribution in [3.05, 3.63) is 24.3 Å². The molecule has 3 aromatic heterocycles. The Labute approximate surface area is 139 Å². The Balaban J connectivity index is 0.00000156. The van der Waals surface area contributed by atoms with Crippen LogP contribution in [0.3, 0.4) is 0 Å². The number of rotatable bonds is 3. The number of hydrogen-bond donors (Lipinski definition) is 3. The quantitative estimate of drug-likeness (QED) is 0.681. The lowest BCUT2D eigenvalue weighted by molar-refractivity contribution is 0.425. The van der Waals surface area contributed by atoms with Crippen LogP contribution in [0.4, 0.5) is 5.69 Å². The second kappa shape index (κ2) is 6.55. The zero-order chi connectivity index (χ0) is 14.9. The lowest BCUT2D eigenvalue weighted by atomic mass is 10.1. The van der Waals surface area contributed by atoms with Crippen molar-refractivity contribution in [2.24, 2.45) is 0 Å². The summed E-state index contributed by atoms with van der Waals surface area (Å²) in [6.07, 6.45) is 5.99. The van der Waals surface area contributed by atoms with Gasteiger partial charge in [0.15, 0.2) is 5.82 Å². The Kier molecular flexibility index (Phi) is 4.49. The molecule has 7 nitrogen and oxygen atoms in total. The number of aromatic amines is 1. The minimum atomic E-state index is 0. The minimum absolute atomic E-state index is 0. The van der Waals surface area contributed by atoms with E-state index < -0.39 is 0 Å². The van der Waals surface area contributed by atoms with Crippen LogP contribution in [0.5, 0.6) is 0 Å². The molecule has 4 rings (SSSR count). The fraction of sp³-hybridized carbons (Fsp3) is 0.400. The molecule has 0 unspecified atom stereocenters. The molecule has 0 aromatic carbocycles. The summed E-state index contributed by atoms with van der Waals surface area (Å²) in [4.78, 5) is 11.9. The van der Waals surface area contributed by atoms with Gasteiger partial charge in [-0.1, -0.05) is 5.16 Å². The molecule has 0 radical (unpaired) electrons. The van der Waals surface area contributed by atoms with Crippen molar-refractivity contribution in [1.82, 2.24) is 25.4 Å². The molecule has 1 saturated heterocycles. The monoisotopic (exact) mass is 334 g/mol. The molecule has 0 spiro atoms. The summed E-state index contributed by atoms with van der Waals surface area (Å²) in [7, 11) is 0. The summed E-state index contributed by atoms with van der Waals surface area (Å²) in [5, 5.41) is 12.0. The highest BCUT2D eigenvalue weighted by molar-refractivity contribution is 5.97. The maximum atomic E-state index is 5.34. The third kappa shape index (κ3) is 3.02. The van der Waals surface area contributed by atoms with Gasteiger partial charge in [-0.2, -0.15) is 4.98 Å². The highest BCUT2D eigenvalue weighted by atomic mass is 35.5. The zero-order valence-corrected chi connectivity index (χ0v) is 13.6. The molecule has 0 saturated carbocycles. The molecule has 1 atom stereocenters. The molecular formula is C15H19ClN6O. The van der Waals surface area contributed by atoms with E-state index in [-0.39, 0.29) is 12.4 Å². The van der Waals surface area contributed by atoms with E-state index in [1.807, 2.05) is 19.2 Å². The number of fused-ring (bicyclic) bond motifs is 1. The SMILES string of the molecule is Cc1noc(-c2cnc3[nH]ccc3c2N[C@@H]2CCCNC2)n1.Cl. The summed E-state index contributed by atoms with van der Waals surface area (Å²) in [5.41, 5.74) is 2.70. The van der Waals surface area contributed by atoms with Crippen LogP contribution in [-0.2, 0) is 0 Å². The summed E-state index contributed by atoms with van der Waals surface area (Å²) >= 11 is 0. The van der Waals surface area contributed by atoms with E-state index in [2.05, 4.69) is 30.7 Å². The second-order valence-corrected chi connectivity index (χ2v) is 5.62. The largest absolute Gasteiger partial charge is 0.380 e. The average Bonchev–Trinajstić information content (AvgIpc) is 3.17. The van der Waals surface area contributed by atoms with Gasteiger partial charge >= 0.3 is 0 Å². The average molecular weight is 335 g/mol. The number of H-pyrrole nitrogens is 1. The van der Waals surface area contributed by atoms with Crippen LogP contribution in [-0.4, -0.2) is 39.2 Å². The first kappa shape index (κ1) is 15.8. The predicted octanol–water partition coefficient (Wildman–Crippen LogP) is 2.51. The molecule has 4 heterocycles. The van der Waals surface area contributed by atoms with Gasteiger partial charge in [-0.3, -0.25) is 0 Å². The van der Waals surface area contributed by atoms with Crippen LogP contribution in [0.25, 0.3) is 22.5 Å². The maximum absolute atomic E-state index is 5.34. The van der Waals surface area contributed by atoms with Crippen molar-refractivity contribution >= 4 is 29.1 Å². The number of anilines is 1. The van der Waals surface area contributed by atoms with E-state index in [1.165, 1.54) is 6.42 Å². The molecule has 122 valence electrons. The molecule has 0 aliphatic carbocycles. The van der Waals surface area contributed by atoms with Crippen molar-refractivity contribution in [1.29, 1.82) is 0 Å². The number of aromatic nitrogens is 4. The molecule has 3 aromatic rings. The molecule has 3 N–H and O–H groups in total. The van der Waals surface area contributed by atoms with Gasteiger partial charge in [0.2, 0.25) is 0 Å². The van der Waals surface area contributed by atoms with Gasteiger partial charge in [-0.15, -0.1) is 12.4 Å². The first-order valence-corrected chi connectivity index (χ1v) is 7.55. The topological polar surface area (TPSA) is 91.7 Å². The lowest BCUT2D eigenvalue weighted by Crippen LogP contribution is -2.38. The van der Waals surface area contributed by atoms with Gasteiger partial charge in [0.05, 0.1) is 11.3 Å². The first-order chi connectivity index (χ1) is 10.8. The minimum Gasteiger partial charge on any atom is -0.380 e. The van der Waals surface area contributed by atoms with E-state index in [4.69, 9.17) is 4.52 Å². The molecule has 23 heavy (non-hydrogen) atoms. The van der Waals surface area contributed by atoms with E-state index in [9.17, 15) is 0 Å². The molecule has 1 fully saturated rings. The Morgan fingerprint density at radius 1 is 1.39 bits per heavy atom. The van der Waals surface area contributed by atoms with Gasteiger partial charge in [0, 0.05) is 30.4 Å². The summed E-state index contributed by atoms with van der Waals surface area (Å²) < 4.78 is 5.34. The van der Waals surface area contributed by atoms with Crippen molar-refractivity contribution in [3.8, 4) is 11.5 Å². The zero-order valence-electron chi connectivity index (χ0n) is 12.8. The first-order valence-electron chi connectivity index (χ1n) is 7.55. The summed E-state index contributed by atoms with van der Waals surface area (Å²) in [6, 6.07) is 2.41. The van der Waals surface area contributed by atoms with E-state index in [0.717, 1.165) is 41.8 Å². The van der Waals surface area contributed by atoms with E-state index in [0.29, 0.717) is 17.8 Å². The Hall–Kier alpha value is -2.12. The molecule has 8 heteroatoms. The van der Waals surface area contributed by atoms with Crippen molar-refractivity contribution in [2.45, 2.75) is 25.8 Å². The van der Waals surface area contributed by atoms with Crippen molar-refractivity contribution in [3.63, 3.8) is 0 Å². The summed E-state index contributed by atoms with van der Waals surface area (Å²) in [5.74, 6) is 1.12. The predicted molar refractivity (Wildman–Crippen MR) is 90.9 cm³/mol. The van der Waals surface area contributed by atoms with Gasteiger partial charge in [-0.25, -0.2) is 4.98 Å². The summed E-state index contributed by atoms with van der Waals surface area (Å²) in [6.45, 7) is 3.85. The third-order valence-electron chi connectivity index (χ3n) is 3.99. The van der Waals surface area contributed by atoms with Gasteiger partial charge in [-0.05, 0) is 32.4 Å². The van der Waals surface area contributed by atoms with E-state index >= 15 is 0 Å². The Morgan fingerprint density at radius 3 is 3.04 bits per heavy atom.